The van der Waals surface area contributed by atoms with Gasteiger partial charge in [-0.3, -0.25) is 4.79 Å². The van der Waals surface area contributed by atoms with E-state index >= 15 is 0 Å². The Labute approximate surface area is 119 Å². The Morgan fingerprint density at radius 3 is 2.20 bits per heavy atom. The van der Waals surface area contributed by atoms with Crippen LogP contribution in [0.4, 0.5) is 0 Å². The molecule has 0 aliphatic rings. The molecule has 0 aliphatic heterocycles. The zero-order chi connectivity index (χ0) is 14.9. The first-order valence-electron chi connectivity index (χ1n) is 6.21. The first kappa shape index (κ1) is 14.5. The zero-order valence-electron chi connectivity index (χ0n) is 11.7. The van der Waals surface area contributed by atoms with Crippen molar-refractivity contribution in [3.05, 3.63) is 53.6 Å². The number of carbonyl (C=O) groups is 1. The molecule has 0 N–H and O–H groups in total. The van der Waals surface area contributed by atoms with Crippen LogP contribution in [-0.4, -0.2) is 20.5 Å². The quantitative estimate of drug-likeness (QED) is 0.814. The summed E-state index contributed by atoms with van der Waals surface area (Å²) in [6.07, 6.45) is 1.19. The number of hydrogen-bond acceptors (Lipinski definition) is 3. The highest BCUT2D eigenvalue weighted by Crippen LogP contribution is 2.25. The van der Waals surface area contributed by atoms with Crippen LogP contribution in [0.5, 0.6) is 0 Å². The summed E-state index contributed by atoms with van der Waals surface area (Å²) in [5.41, 5.74) is 3.30. The summed E-state index contributed by atoms with van der Waals surface area (Å²) in [7, 11) is -3.22. The van der Waals surface area contributed by atoms with Gasteiger partial charge in [-0.05, 0) is 42.7 Å². The Bertz CT molecular complexity index is 774. The van der Waals surface area contributed by atoms with Gasteiger partial charge < -0.3 is 0 Å². The number of aryl methyl sites for hydroxylation is 1. The SMILES string of the molecule is CC(=O)c1ccc(-c2cccc(S(C)(=O)=O)c2)cc1C. The van der Waals surface area contributed by atoms with Gasteiger partial charge in [0.2, 0.25) is 0 Å². The topological polar surface area (TPSA) is 51.2 Å². The summed E-state index contributed by atoms with van der Waals surface area (Å²) in [5, 5.41) is 0. The van der Waals surface area contributed by atoms with Crippen molar-refractivity contribution in [1.82, 2.24) is 0 Å². The molecule has 0 atom stereocenters. The molecule has 104 valence electrons. The van der Waals surface area contributed by atoms with Gasteiger partial charge in [0.05, 0.1) is 4.90 Å². The van der Waals surface area contributed by atoms with Gasteiger partial charge >= 0.3 is 0 Å². The molecule has 0 aliphatic carbocycles. The number of hydrogen-bond donors (Lipinski definition) is 0. The number of carbonyl (C=O) groups excluding carboxylic acids is 1. The van der Waals surface area contributed by atoms with Crippen LogP contribution in [-0.2, 0) is 9.84 Å². The van der Waals surface area contributed by atoms with Crippen LogP contribution in [0.2, 0.25) is 0 Å². The second-order valence-electron chi connectivity index (χ2n) is 4.89. The van der Waals surface area contributed by atoms with Gasteiger partial charge in [0, 0.05) is 11.8 Å². The molecule has 0 fully saturated rings. The van der Waals surface area contributed by atoms with Gasteiger partial charge in [0.1, 0.15) is 0 Å². The third-order valence-corrected chi connectivity index (χ3v) is 4.31. The van der Waals surface area contributed by atoms with E-state index in [-0.39, 0.29) is 5.78 Å². The van der Waals surface area contributed by atoms with Crippen LogP contribution in [0.15, 0.2) is 47.4 Å². The van der Waals surface area contributed by atoms with Crippen molar-refractivity contribution in [1.29, 1.82) is 0 Å². The number of sulfone groups is 1. The van der Waals surface area contributed by atoms with Crippen molar-refractivity contribution in [3.63, 3.8) is 0 Å². The average Bonchev–Trinajstić information content (AvgIpc) is 2.37. The first-order chi connectivity index (χ1) is 9.29. The van der Waals surface area contributed by atoms with E-state index in [0.717, 1.165) is 16.7 Å². The van der Waals surface area contributed by atoms with Gasteiger partial charge in [-0.1, -0.05) is 30.3 Å². The van der Waals surface area contributed by atoms with Crippen molar-refractivity contribution in [2.45, 2.75) is 18.7 Å². The molecule has 2 aromatic rings. The molecular formula is C16H16O3S. The molecule has 0 heterocycles. The van der Waals surface area contributed by atoms with E-state index in [2.05, 4.69) is 0 Å². The predicted molar refractivity (Wildman–Crippen MR) is 79.7 cm³/mol. The molecule has 0 amide bonds. The smallest absolute Gasteiger partial charge is 0.175 e. The van der Waals surface area contributed by atoms with Crippen molar-refractivity contribution in [2.75, 3.05) is 6.26 Å². The van der Waals surface area contributed by atoms with Crippen molar-refractivity contribution in [3.8, 4) is 11.1 Å². The van der Waals surface area contributed by atoms with Crippen molar-refractivity contribution >= 4 is 15.6 Å². The van der Waals surface area contributed by atoms with E-state index in [0.29, 0.717) is 10.5 Å². The summed E-state index contributed by atoms with van der Waals surface area (Å²) in [4.78, 5) is 11.7. The Kier molecular flexibility index (Phi) is 3.77. The second-order valence-corrected chi connectivity index (χ2v) is 6.90. The summed E-state index contributed by atoms with van der Waals surface area (Å²) in [6.45, 7) is 3.41. The van der Waals surface area contributed by atoms with E-state index in [1.165, 1.54) is 13.2 Å². The predicted octanol–water partition coefficient (Wildman–Crippen LogP) is 3.27. The lowest BCUT2D eigenvalue weighted by atomic mass is 9.98. The molecule has 3 nitrogen and oxygen atoms in total. The van der Waals surface area contributed by atoms with Crippen LogP contribution in [0, 0.1) is 6.92 Å². The highest BCUT2D eigenvalue weighted by atomic mass is 32.2. The maximum Gasteiger partial charge on any atom is 0.175 e. The summed E-state index contributed by atoms with van der Waals surface area (Å²) >= 11 is 0. The van der Waals surface area contributed by atoms with Gasteiger partial charge in [-0.2, -0.15) is 0 Å². The van der Waals surface area contributed by atoms with Crippen LogP contribution < -0.4 is 0 Å². The fourth-order valence-electron chi connectivity index (χ4n) is 2.14. The lowest BCUT2D eigenvalue weighted by molar-refractivity contribution is 0.101. The van der Waals surface area contributed by atoms with Crippen molar-refractivity contribution in [2.24, 2.45) is 0 Å². The molecule has 0 unspecified atom stereocenters. The molecular weight excluding hydrogens is 272 g/mol. The molecule has 2 aromatic carbocycles. The highest BCUT2D eigenvalue weighted by molar-refractivity contribution is 7.90. The van der Waals surface area contributed by atoms with Crippen LogP contribution >= 0.6 is 0 Å². The van der Waals surface area contributed by atoms with Gasteiger partial charge in [-0.25, -0.2) is 8.42 Å². The minimum Gasteiger partial charge on any atom is -0.295 e. The number of Topliss-reactive ketones (excluding diaryl/α,β-unsaturated/α-hetero) is 1. The molecule has 0 aromatic heterocycles. The molecule has 0 saturated carbocycles. The van der Waals surface area contributed by atoms with Crippen LogP contribution in [0.1, 0.15) is 22.8 Å². The molecule has 0 bridgehead atoms. The third-order valence-electron chi connectivity index (χ3n) is 3.20. The Hall–Kier alpha value is -1.94. The Morgan fingerprint density at radius 2 is 1.65 bits per heavy atom. The normalized spacial score (nSPS) is 11.3. The maximum absolute atomic E-state index is 11.6. The van der Waals surface area contributed by atoms with Gasteiger partial charge in [0.15, 0.2) is 15.6 Å². The summed E-state index contributed by atoms with van der Waals surface area (Å²) in [6, 6.07) is 12.3. The molecule has 0 saturated heterocycles. The Balaban J connectivity index is 2.53. The maximum atomic E-state index is 11.6. The molecule has 20 heavy (non-hydrogen) atoms. The number of ketones is 1. The number of benzene rings is 2. The van der Waals surface area contributed by atoms with Crippen LogP contribution in [0.25, 0.3) is 11.1 Å². The van der Waals surface area contributed by atoms with E-state index < -0.39 is 9.84 Å². The minimum absolute atomic E-state index is 0.0268. The fraction of sp³-hybridized carbons (Fsp3) is 0.188. The molecule has 0 radical (unpaired) electrons. The lowest BCUT2D eigenvalue weighted by Gasteiger charge is -2.08. The third kappa shape index (κ3) is 2.96. The fourth-order valence-corrected chi connectivity index (χ4v) is 2.81. The van der Waals surface area contributed by atoms with Gasteiger partial charge in [0.25, 0.3) is 0 Å². The molecule has 4 heteroatoms. The largest absolute Gasteiger partial charge is 0.295 e. The minimum atomic E-state index is -3.22. The second kappa shape index (κ2) is 5.21. The van der Waals surface area contributed by atoms with Crippen LogP contribution in [0.3, 0.4) is 0 Å². The highest BCUT2D eigenvalue weighted by Gasteiger charge is 2.10. The number of rotatable bonds is 3. The van der Waals surface area contributed by atoms with E-state index in [1.54, 1.807) is 24.3 Å². The standard InChI is InChI=1S/C16H16O3S/c1-11-9-14(7-8-16(11)12(2)17)13-5-4-6-15(10-13)20(3,18)19/h4-10H,1-3H3. The first-order valence-corrected chi connectivity index (χ1v) is 8.10. The van der Waals surface area contributed by atoms with Crippen molar-refractivity contribution < 1.29 is 13.2 Å². The lowest BCUT2D eigenvalue weighted by Crippen LogP contribution is -1.98. The average molecular weight is 288 g/mol. The molecule has 2 rings (SSSR count). The van der Waals surface area contributed by atoms with E-state index in [4.69, 9.17) is 0 Å². The van der Waals surface area contributed by atoms with E-state index in [9.17, 15) is 13.2 Å². The summed E-state index contributed by atoms with van der Waals surface area (Å²) in [5.74, 6) is 0.0268. The Morgan fingerprint density at radius 1 is 1.00 bits per heavy atom. The summed E-state index contributed by atoms with van der Waals surface area (Å²) < 4.78 is 23.2. The molecule has 0 spiro atoms. The zero-order valence-corrected chi connectivity index (χ0v) is 12.5. The van der Waals surface area contributed by atoms with Gasteiger partial charge in [-0.15, -0.1) is 0 Å². The van der Waals surface area contributed by atoms with E-state index in [1.807, 2.05) is 25.1 Å². The monoisotopic (exact) mass is 288 g/mol.